The van der Waals surface area contributed by atoms with Crippen molar-refractivity contribution in [1.29, 1.82) is 0 Å². The van der Waals surface area contributed by atoms with Crippen LogP contribution in [0.2, 0.25) is 0 Å². The third-order valence-corrected chi connectivity index (χ3v) is 5.00. The predicted molar refractivity (Wildman–Crippen MR) is 98.5 cm³/mol. The highest BCUT2D eigenvalue weighted by atomic mass is 32.1. The summed E-state index contributed by atoms with van der Waals surface area (Å²) in [7, 11) is 0. The fraction of sp³-hybridized carbons (Fsp3) is 0.250. The van der Waals surface area contributed by atoms with Crippen molar-refractivity contribution in [3.05, 3.63) is 80.6 Å². The molecule has 0 N–H and O–H groups in total. The minimum atomic E-state index is 0.860. The van der Waals surface area contributed by atoms with Gasteiger partial charge in [0.2, 0.25) is 0 Å². The summed E-state index contributed by atoms with van der Waals surface area (Å²) in [5.74, 6) is 0. The van der Waals surface area contributed by atoms with Gasteiger partial charge in [0.1, 0.15) is 0 Å². The highest BCUT2D eigenvalue weighted by Gasteiger charge is 2.06. The van der Waals surface area contributed by atoms with Crippen LogP contribution in [0, 0.1) is 27.7 Å². The first-order valence-corrected chi connectivity index (χ1v) is 8.74. The predicted octanol–water partition coefficient (Wildman–Crippen LogP) is 5.06. The molecule has 0 spiro atoms. The van der Waals surface area contributed by atoms with Gasteiger partial charge in [0, 0.05) is 11.1 Å². The lowest BCUT2D eigenvalue weighted by Crippen LogP contribution is -2.17. The van der Waals surface area contributed by atoms with Crippen LogP contribution >= 0.6 is 11.3 Å². The quantitative estimate of drug-likeness (QED) is 0.641. The number of aromatic nitrogens is 1. The smallest absolute Gasteiger partial charge is 0.190 e. The monoisotopic (exact) mass is 322 g/mol. The van der Waals surface area contributed by atoms with E-state index in [2.05, 4.69) is 80.1 Å². The maximum absolute atomic E-state index is 4.98. The molecule has 0 saturated heterocycles. The Kier molecular flexibility index (Phi) is 4.49. The zero-order valence-corrected chi connectivity index (χ0v) is 14.9. The number of benzene rings is 2. The van der Waals surface area contributed by atoms with Crippen molar-refractivity contribution in [3.8, 4) is 0 Å². The summed E-state index contributed by atoms with van der Waals surface area (Å²) in [6.45, 7) is 9.42. The SMILES string of the molecule is Cc1cc(C)c(N=c2scc(C)n2Cc2ccccc2)c(C)c1. The molecule has 0 aliphatic carbocycles. The van der Waals surface area contributed by atoms with E-state index in [1.165, 1.54) is 27.9 Å². The molecule has 1 heterocycles. The molecule has 23 heavy (non-hydrogen) atoms. The lowest BCUT2D eigenvalue weighted by molar-refractivity contribution is 0.742. The normalized spacial score (nSPS) is 11.9. The number of hydrogen-bond acceptors (Lipinski definition) is 2. The first kappa shape index (κ1) is 15.8. The fourth-order valence-corrected chi connectivity index (χ4v) is 3.79. The molecule has 0 aliphatic heterocycles. The van der Waals surface area contributed by atoms with Crippen molar-refractivity contribution in [3.63, 3.8) is 0 Å². The van der Waals surface area contributed by atoms with Crippen LogP contribution in [0.3, 0.4) is 0 Å². The summed E-state index contributed by atoms with van der Waals surface area (Å²) >= 11 is 1.71. The van der Waals surface area contributed by atoms with Crippen molar-refractivity contribution in [2.24, 2.45) is 4.99 Å². The molecule has 0 unspecified atom stereocenters. The summed E-state index contributed by atoms with van der Waals surface area (Å²) in [4.78, 5) is 6.04. The van der Waals surface area contributed by atoms with Crippen LogP contribution in [-0.4, -0.2) is 4.57 Å². The van der Waals surface area contributed by atoms with Gasteiger partial charge in [-0.25, -0.2) is 4.99 Å². The Labute approximate surface area is 141 Å². The molecule has 2 nitrogen and oxygen atoms in total. The minimum Gasteiger partial charge on any atom is -0.317 e. The second-order valence-electron chi connectivity index (χ2n) is 6.09. The van der Waals surface area contributed by atoms with E-state index in [1.54, 1.807) is 11.3 Å². The van der Waals surface area contributed by atoms with Crippen LogP contribution in [0.15, 0.2) is 52.8 Å². The van der Waals surface area contributed by atoms with Crippen molar-refractivity contribution < 1.29 is 0 Å². The van der Waals surface area contributed by atoms with Gasteiger partial charge in [-0.2, -0.15) is 0 Å². The third-order valence-electron chi connectivity index (χ3n) is 4.02. The van der Waals surface area contributed by atoms with Gasteiger partial charge in [0.25, 0.3) is 0 Å². The molecule has 1 aromatic heterocycles. The van der Waals surface area contributed by atoms with E-state index in [4.69, 9.17) is 4.99 Å². The van der Waals surface area contributed by atoms with Crippen LogP contribution in [0.5, 0.6) is 0 Å². The Balaban J connectivity index is 2.08. The van der Waals surface area contributed by atoms with Gasteiger partial charge in [-0.15, -0.1) is 11.3 Å². The lowest BCUT2D eigenvalue weighted by atomic mass is 10.1. The van der Waals surface area contributed by atoms with E-state index in [1.807, 2.05) is 0 Å². The second-order valence-corrected chi connectivity index (χ2v) is 6.93. The Morgan fingerprint density at radius 3 is 2.26 bits per heavy atom. The summed E-state index contributed by atoms with van der Waals surface area (Å²) in [6.07, 6.45) is 0. The molecule has 0 fully saturated rings. The third kappa shape index (κ3) is 3.45. The van der Waals surface area contributed by atoms with Gasteiger partial charge < -0.3 is 4.57 Å². The highest BCUT2D eigenvalue weighted by molar-refractivity contribution is 7.07. The number of hydrogen-bond donors (Lipinski definition) is 0. The molecule has 0 bridgehead atoms. The Morgan fingerprint density at radius 1 is 0.957 bits per heavy atom. The number of nitrogens with zero attached hydrogens (tertiary/aromatic N) is 2. The van der Waals surface area contributed by atoms with Crippen LogP contribution in [0.1, 0.15) is 27.9 Å². The molecule has 0 amide bonds. The number of rotatable bonds is 3. The number of thiazole rings is 1. The van der Waals surface area contributed by atoms with E-state index in [0.29, 0.717) is 0 Å². The molecule has 3 heteroatoms. The average molecular weight is 322 g/mol. The van der Waals surface area contributed by atoms with E-state index >= 15 is 0 Å². The Hall–Kier alpha value is -2.13. The summed E-state index contributed by atoms with van der Waals surface area (Å²) < 4.78 is 2.29. The molecule has 0 saturated carbocycles. The van der Waals surface area contributed by atoms with E-state index in [0.717, 1.165) is 17.0 Å². The van der Waals surface area contributed by atoms with Crippen LogP contribution in [0.25, 0.3) is 0 Å². The molecule has 2 aromatic carbocycles. The van der Waals surface area contributed by atoms with E-state index in [-0.39, 0.29) is 0 Å². The summed E-state index contributed by atoms with van der Waals surface area (Å²) in [6, 6.07) is 15.0. The summed E-state index contributed by atoms with van der Waals surface area (Å²) in [5.41, 5.74) is 7.41. The zero-order valence-electron chi connectivity index (χ0n) is 14.1. The Bertz CT molecular complexity index is 863. The maximum Gasteiger partial charge on any atom is 0.190 e. The minimum absolute atomic E-state index is 0.860. The molecule has 0 aliphatic rings. The van der Waals surface area contributed by atoms with Gasteiger partial charge >= 0.3 is 0 Å². The standard InChI is InChI=1S/C20H22N2S/c1-14-10-15(2)19(16(3)11-14)21-20-22(17(4)13-23-20)12-18-8-6-5-7-9-18/h5-11,13H,12H2,1-4H3. The van der Waals surface area contributed by atoms with Gasteiger partial charge in [0.15, 0.2) is 4.80 Å². The zero-order chi connectivity index (χ0) is 16.4. The van der Waals surface area contributed by atoms with Gasteiger partial charge in [-0.1, -0.05) is 48.0 Å². The molecular formula is C20H22N2S. The fourth-order valence-electron chi connectivity index (χ4n) is 2.91. The largest absolute Gasteiger partial charge is 0.317 e. The first-order chi connectivity index (χ1) is 11.0. The topological polar surface area (TPSA) is 17.3 Å². The van der Waals surface area contributed by atoms with Gasteiger partial charge in [-0.3, -0.25) is 0 Å². The van der Waals surface area contributed by atoms with E-state index < -0.39 is 0 Å². The van der Waals surface area contributed by atoms with Crippen LogP contribution in [-0.2, 0) is 6.54 Å². The molecular weight excluding hydrogens is 300 g/mol. The first-order valence-electron chi connectivity index (χ1n) is 7.86. The highest BCUT2D eigenvalue weighted by Crippen LogP contribution is 2.24. The second kappa shape index (κ2) is 6.55. The van der Waals surface area contributed by atoms with Gasteiger partial charge in [-0.05, 0) is 44.4 Å². The van der Waals surface area contributed by atoms with Crippen molar-refractivity contribution in [1.82, 2.24) is 4.57 Å². The molecule has 0 radical (unpaired) electrons. The molecule has 3 rings (SSSR count). The number of aryl methyl sites for hydroxylation is 4. The Morgan fingerprint density at radius 2 is 1.61 bits per heavy atom. The maximum atomic E-state index is 4.98. The van der Waals surface area contributed by atoms with Crippen LogP contribution in [0.4, 0.5) is 5.69 Å². The average Bonchev–Trinajstić information content (AvgIpc) is 2.85. The summed E-state index contributed by atoms with van der Waals surface area (Å²) in [5, 5.41) is 2.18. The van der Waals surface area contributed by atoms with Crippen molar-refractivity contribution in [2.75, 3.05) is 0 Å². The van der Waals surface area contributed by atoms with E-state index in [9.17, 15) is 0 Å². The lowest BCUT2D eigenvalue weighted by Gasteiger charge is -2.08. The molecule has 118 valence electrons. The molecule has 0 atom stereocenters. The molecule has 3 aromatic rings. The van der Waals surface area contributed by atoms with Crippen LogP contribution < -0.4 is 4.80 Å². The van der Waals surface area contributed by atoms with Crippen molar-refractivity contribution in [2.45, 2.75) is 34.2 Å². The van der Waals surface area contributed by atoms with Gasteiger partial charge in [0.05, 0.1) is 12.2 Å². The van der Waals surface area contributed by atoms with Crippen molar-refractivity contribution >= 4 is 17.0 Å².